The Morgan fingerprint density at radius 2 is 2.28 bits per heavy atom. The molecule has 0 amide bonds. The third-order valence-electron chi connectivity index (χ3n) is 2.50. The maximum absolute atomic E-state index is 11.0. The van der Waals surface area contributed by atoms with Gasteiger partial charge in [0.1, 0.15) is 4.88 Å². The predicted octanol–water partition coefficient (Wildman–Crippen LogP) is 3.46. The number of aryl methyl sites for hydroxylation is 2. The average molecular weight is 262 g/mol. The normalized spacial score (nSPS) is 10.3. The standard InChI is InChI=1S/C13H14N2O2S/c1-3-10-11(12(16)17)18-13(15-10)14-9-6-4-5-8(2)7-9/h4-7H,3H2,1-2H3,(H,14,15)(H,16,17). The van der Waals surface area contributed by atoms with Crippen LogP contribution in [0.25, 0.3) is 0 Å². The number of thiazole rings is 1. The van der Waals surface area contributed by atoms with Crippen LogP contribution >= 0.6 is 11.3 Å². The predicted molar refractivity (Wildman–Crippen MR) is 72.9 cm³/mol. The van der Waals surface area contributed by atoms with Gasteiger partial charge in [-0.15, -0.1) is 0 Å². The number of hydrogen-bond donors (Lipinski definition) is 2. The summed E-state index contributed by atoms with van der Waals surface area (Å²) >= 11 is 1.17. The molecule has 1 aromatic heterocycles. The van der Waals surface area contributed by atoms with Gasteiger partial charge in [-0.1, -0.05) is 30.4 Å². The van der Waals surface area contributed by atoms with Gasteiger partial charge < -0.3 is 10.4 Å². The van der Waals surface area contributed by atoms with Crippen molar-refractivity contribution in [3.05, 3.63) is 40.4 Å². The lowest BCUT2D eigenvalue weighted by Gasteiger charge is -2.02. The Hall–Kier alpha value is -1.88. The van der Waals surface area contributed by atoms with Gasteiger partial charge in [0, 0.05) is 5.69 Å². The number of aromatic carboxylic acids is 1. The van der Waals surface area contributed by atoms with Crippen LogP contribution in [0.2, 0.25) is 0 Å². The van der Waals surface area contributed by atoms with E-state index in [1.54, 1.807) is 0 Å². The van der Waals surface area contributed by atoms with E-state index in [1.165, 1.54) is 11.3 Å². The Morgan fingerprint density at radius 1 is 1.50 bits per heavy atom. The summed E-state index contributed by atoms with van der Waals surface area (Å²) < 4.78 is 0. The van der Waals surface area contributed by atoms with Crippen LogP contribution in [0.1, 0.15) is 27.9 Å². The summed E-state index contributed by atoms with van der Waals surface area (Å²) in [4.78, 5) is 15.7. The second-order valence-corrected chi connectivity index (χ2v) is 4.95. The molecule has 0 saturated heterocycles. The van der Waals surface area contributed by atoms with Gasteiger partial charge in [0.15, 0.2) is 5.13 Å². The van der Waals surface area contributed by atoms with Crippen LogP contribution in [-0.2, 0) is 6.42 Å². The quantitative estimate of drug-likeness (QED) is 0.885. The van der Waals surface area contributed by atoms with E-state index >= 15 is 0 Å². The molecule has 94 valence electrons. The monoisotopic (exact) mass is 262 g/mol. The molecule has 1 heterocycles. The van der Waals surface area contributed by atoms with E-state index in [0.29, 0.717) is 22.1 Å². The summed E-state index contributed by atoms with van der Waals surface area (Å²) in [5.74, 6) is -0.915. The van der Waals surface area contributed by atoms with E-state index in [4.69, 9.17) is 5.11 Å². The molecule has 0 bridgehead atoms. The van der Waals surface area contributed by atoms with Gasteiger partial charge in [0.25, 0.3) is 0 Å². The summed E-state index contributed by atoms with van der Waals surface area (Å²) in [6.45, 7) is 3.91. The Labute approximate surface area is 109 Å². The van der Waals surface area contributed by atoms with E-state index in [2.05, 4.69) is 10.3 Å². The Balaban J connectivity index is 2.27. The fraction of sp³-hybridized carbons (Fsp3) is 0.231. The molecule has 0 aliphatic heterocycles. The molecular weight excluding hydrogens is 248 g/mol. The van der Waals surface area contributed by atoms with Gasteiger partial charge in [0.05, 0.1) is 5.69 Å². The average Bonchev–Trinajstić information content (AvgIpc) is 2.72. The van der Waals surface area contributed by atoms with Crippen molar-refractivity contribution < 1.29 is 9.90 Å². The first-order valence-electron chi connectivity index (χ1n) is 5.67. The van der Waals surface area contributed by atoms with Crippen LogP contribution in [-0.4, -0.2) is 16.1 Å². The second-order valence-electron chi connectivity index (χ2n) is 3.95. The molecule has 4 nitrogen and oxygen atoms in total. The van der Waals surface area contributed by atoms with Gasteiger partial charge >= 0.3 is 5.97 Å². The number of rotatable bonds is 4. The van der Waals surface area contributed by atoms with Crippen molar-refractivity contribution in [3.8, 4) is 0 Å². The third-order valence-corrected chi connectivity index (χ3v) is 3.50. The highest BCUT2D eigenvalue weighted by atomic mass is 32.1. The van der Waals surface area contributed by atoms with E-state index < -0.39 is 5.97 Å². The number of nitrogens with one attached hydrogen (secondary N) is 1. The van der Waals surface area contributed by atoms with Crippen molar-refractivity contribution in [1.82, 2.24) is 4.98 Å². The van der Waals surface area contributed by atoms with Gasteiger partial charge in [0.2, 0.25) is 0 Å². The third kappa shape index (κ3) is 2.68. The second kappa shape index (κ2) is 5.18. The maximum atomic E-state index is 11.0. The molecule has 1 aromatic carbocycles. The first-order chi connectivity index (χ1) is 8.60. The van der Waals surface area contributed by atoms with Crippen molar-refractivity contribution in [1.29, 1.82) is 0 Å². The molecule has 0 unspecified atom stereocenters. The first-order valence-corrected chi connectivity index (χ1v) is 6.48. The first kappa shape index (κ1) is 12.6. The zero-order valence-electron chi connectivity index (χ0n) is 10.2. The molecule has 0 radical (unpaired) electrons. The van der Waals surface area contributed by atoms with Crippen molar-refractivity contribution in [2.45, 2.75) is 20.3 Å². The lowest BCUT2D eigenvalue weighted by Crippen LogP contribution is -1.97. The van der Waals surface area contributed by atoms with Crippen LogP contribution in [0, 0.1) is 6.92 Å². The van der Waals surface area contributed by atoms with Gasteiger partial charge in [-0.05, 0) is 31.0 Å². The Morgan fingerprint density at radius 3 is 2.83 bits per heavy atom. The van der Waals surface area contributed by atoms with E-state index in [1.807, 2.05) is 38.1 Å². The van der Waals surface area contributed by atoms with Crippen molar-refractivity contribution >= 4 is 28.1 Å². The Kier molecular flexibility index (Phi) is 3.62. The number of carboxylic acid groups (broad SMARTS) is 1. The number of anilines is 2. The molecule has 0 aliphatic rings. The van der Waals surface area contributed by atoms with E-state index in [0.717, 1.165) is 11.3 Å². The lowest BCUT2D eigenvalue weighted by molar-refractivity contribution is 0.0701. The fourth-order valence-corrected chi connectivity index (χ4v) is 2.57. The topological polar surface area (TPSA) is 62.2 Å². The maximum Gasteiger partial charge on any atom is 0.347 e. The Bertz CT molecular complexity index is 578. The number of carboxylic acids is 1. The van der Waals surface area contributed by atoms with Crippen molar-refractivity contribution in [2.24, 2.45) is 0 Å². The number of aromatic nitrogens is 1. The number of nitrogens with zero attached hydrogens (tertiary/aromatic N) is 1. The molecule has 0 fully saturated rings. The van der Waals surface area contributed by atoms with E-state index in [-0.39, 0.29) is 0 Å². The fourth-order valence-electron chi connectivity index (χ4n) is 1.66. The van der Waals surface area contributed by atoms with Crippen molar-refractivity contribution in [3.63, 3.8) is 0 Å². The van der Waals surface area contributed by atoms with Crippen LogP contribution in [0.15, 0.2) is 24.3 Å². The molecule has 5 heteroatoms. The van der Waals surface area contributed by atoms with Crippen molar-refractivity contribution in [2.75, 3.05) is 5.32 Å². The lowest BCUT2D eigenvalue weighted by atomic mass is 10.2. The highest BCUT2D eigenvalue weighted by molar-refractivity contribution is 7.17. The van der Waals surface area contributed by atoms with Crippen LogP contribution in [0.5, 0.6) is 0 Å². The highest BCUT2D eigenvalue weighted by Crippen LogP contribution is 2.26. The minimum atomic E-state index is -0.915. The summed E-state index contributed by atoms with van der Waals surface area (Å²) in [5, 5.41) is 12.8. The number of benzene rings is 1. The van der Waals surface area contributed by atoms with E-state index in [9.17, 15) is 4.79 Å². The van der Waals surface area contributed by atoms with Crippen LogP contribution in [0.3, 0.4) is 0 Å². The highest BCUT2D eigenvalue weighted by Gasteiger charge is 2.15. The molecule has 2 rings (SSSR count). The minimum absolute atomic E-state index is 0.313. The molecule has 2 N–H and O–H groups in total. The number of hydrogen-bond acceptors (Lipinski definition) is 4. The summed E-state index contributed by atoms with van der Waals surface area (Å²) in [5.41, 5.74) is 2.69. The summed E-state index contributed by atoms with van der Waals surface area (Å²) in [7, 11) is 0. The molecule has 0 aliphatic carbocycles. The molecule has 0 saturated carbocycles. The smallest absolute Gasteiger partial charge is 0.347 e. The zero-order chi connectivity index (χ0) is 13.1. The van der Waals surface area contributed by atoms with Crippen LogP contribution in [0.4, 0.5) is 10.8 Å². The SMILES string of the molecule is CCc1nc(Nc2cccc(C)c2)sc1C(=O)O. The molecule has 0 spiro atoms. The minimum Gasteiger partial charge on any atom is -0.477 e. The summed E-state index contributed by atoms with van der Waals surface area (Å²) in [6, 6.07) is 7.88. The molecule has 0 atom stereocenters. The van der Waals surface area contributed by atoms with Gasteiger partial charge in [-0.3, -0.25) is 0 Å². The van der Waals surface area contributed by atoms with Gasteiger partial charge in [-0.2, -0.15) is 0 Å². The zero-order valence-corrected chi connectivity index (χ0v) is 11.0. The largest absolute Gasteiger partial charge is 0.477 e. The summed E-state index contributed by atoms with van der Waals surface area (Å²) in [6.07, 6.45) is 0.619. The molecule has 18 heavy (non-hydrogen) atoms. The molecule has 2 aromatic rings. The molecular formula is C13H14N2O2S. The number of carbonyl (C=O) groups is 1. The van der Waals surface area contributed by atoms with Crippen LogP contribution < -0.4 is 5.32 Å². The van der Waals surface area contributed by atoms with Gasteiger partial charge in [-0.25, -0.2) is 9.78 Å².